The average molecular weight is 426 g/mol. The van der Waals surface area contributed by atoms with Gasteiger partial charge in [-0.05, 0) is 13.0 Å². The molecule has 1 unspecified atom stereocenters. The third-order valence-electron chi connectivity index (χ3n) is 5.91. The van der Waals surface area contributed by atoms with Crippen molar-refractivity contribution in [2.24, 2.45) is 0 Å². The third-order valence-corrected chi connectivity index (χ3v) is 5.91. The first-order chi connectivity index (χ1) is 15.0. The van der Waals surface area contributed by atoms with E-state index in [0.29, 0.717) is 36.6 Å². The number of morpholine rings is 1. The summed E-state index contributed by atoms with van der Waals surface area (Å²) in [5.41, 5.74) is 9.78. The van der Waals surface area contributed by atoms with Crippen LogP contribution in [0.5, 0.6) is 5.75 Å². The molecule has 0 aliphatic carbocycles. The molecule has 10 nitrogen and oxygen atoms in total. The zero-order chi connectivity index (χ0) is 21.6. The lowest BCUT2D eigenvalue weighted by atomic mass is 9.99. The molecule has 0 saturated carbocycles. The van der Waals surface area contributed by atoms with Gasteiger partial charge in [0.15, 0.2) is 0 Å². The lowest BCUT2D eigenvalue weighted by Gasteiger charge is -2.31. The number of hydrazine groups is 2. The normalized spacial score (nSPS) is 21.9. The highest BCUT2D eigenvalue weighted by Gasteiger charge is 2.36. The molecule has 1 fully saturated rings. The van der Waals surface area contributed by atoms with Crippen molar-refractivity contribution < 1.29 is 19.4 Å². The predicted molar refractivity (Wildman–Crippen MR) is 117 cm³/mol. The van der Waals surface area contributed by atoms with E-state index in [4.69, 9.17) is 9.47 Å². The molecule has 0 bridgehead atoms. The number of hydrogen-bond acceptors (Lipinski definition) is 9. The zero-order valence-corrected chi connectivity index (χ0v) is 17.6. The average Bonchev–Trinajstić information content (AvgIpc) is 3.33. The van der Waals surface area contributed by atoms with Gasteiger partial charge in [0.2, 0.25) is 0 Å². The number of pyridine rings is 1. The number of aromatic nitrogens is 1. The summed E-state index contributed by atoms with van der Waals surface area (Å²) >= 11 is 0. The summed E-state index contributed by atoms with van der Waals surface area (Å²) in [4.78, 5) is 19.6. The molecule has 4 heterocycles. The first kappa shape index (κ1) is 19.9. The van der Waals surface area contributed by atoms with E-state index in [9.17, 15) is 9.90 Å². The topological polar surface area (TPSA) is 111 Å². The number of aliphatic hydroxyl groups excluding tert-OH is 1. The molecular weight excluding hydrogens is 400 g/mol. The number of fused-ring (bicyclic) bond motifs is 2. The standard InChI is InChI=1S/C21H26N6O4/c1-21(12-28)9-13-7-15(16(8-18(13)31-21)27-3-5-30-6-4-27)23-20(29)14-10-22-11-17-19(14)24-25-26(17)2/h7-8,10-11,24-25,28H,3-6,9,12H2,1-2H3,(H,23,29). The molecule has 1 amide bonds. The molecule has 1 aromatic carbocycles. The Morgan fingerprint density at radius 1 is 1.29 bits per heavy atom. The van der Waals surface area contributed by atoms with Crippen LogP contribution in [0, 0.1) is 0 Å². The fourth-order valence-corrected chi connectivity index (χ4v) is 4.20. The van der Waals surface area contributed by atoms with E-state index in [1.54, 1.807) is 17.4 Å². The Bertz CT molecular complexity index is 1030. The molecule has 1 saturated heterocycles. The van der Waals surface area contributed by atoms with Crippen LogP contribution in [0.3, 0.4) is 0 Å². The molecule has 2 aromatic rings. The Hall–Kier alpha value is -3.08. The number of nitrogens with zero attached hydrogens (tertiary/aromatic N) is 3. The number of nitrogens with one attached hydrogen (secondary N) is 3. The van der Waals surface area contributed by atoms with Gasteiger partial charge in [0.1, 0.15) is 11.4 Å². The second-order valence-corrected chi connectivity index (χ2v) is 8.29. The molecule has 164 valence electrons. The number of carbonyl (C=O) groups excluding carboxylic acids is 1. The number of aliphatic hydroxyl groups is 1. The van der Waals surface area contributed by atoms with E-state index in [2.05, 4.69) is 26.2 Å². The maximum atomic E-state index is 13.2. The quantitative estimate of drug-likeness (QED) is 0.572. The van der Waals surface area contributed by atoms with Crippen LogP contribution >= 0.6 is 0 Å². The number of ether oxygens (including phenoxy) is 2. The van der Waals surface area contributed by atoms with Crippen LogP contribution in [0.15, 0.2) is 24.5 Å². The van der Waals surface area contributed by atoms with Crippen molar-refractivity contribution in [2.45, 2.75) is 18.9 Å². The number of anilines is 4. The molecule has 0 radical (unpaired) electrons. The van der Waals surface area contributed by atoms with Crippen molar-refractivity contribution in [1.82, 2.24) is 10.5 Å². The molecule has 3 aliphatic heterocycles. The van der Waals surface area contributed by atoms with Crippen LogP contribution < -0.4 is 30.9 Å². The van der Waals surface area contributed by atoms with E-state index in [1.807, 2.05) is 26.1 Å². The maximum absolute atomic E-state index is 13.2. The van der Waals surface area contributed by atoms with Gasteiger partial charge < -0.3 is 30.2 Å². The number of rotatable bonds is 4. The molecule has 0 spiro atoms. The first-order valence-electron chi connectivity index (χ1n) is 10.3. The maximum Gasteiger partial charge on any atom is 0.259 e. The zero-order valence-electron chi connectivity index (χ0n) is 17.6. The van der Waals surface area contributed by atoms with Crippen molar-refractivity contribution in [3.63, 3.8) is 0 Å². The van der Waals surface area contributed by atoms with Crippen molar-refractivity contribution >= 4 is 28.7 Å². The molecule has 1 aromatic heterocycles. The van der Waals surface area contributed by atoms with Crippen LogP contribution in [0.4, 0.5) is 22.7 Å². The number of benzene rings is 1. The molecule has 1 atom stereocenters. The lowest BCUT2D eigenvalue weighted by molar-refractivity contribution is 0.0446. The Morgan fingerprint density at radius 3 is 2.87 bits per heavy atom. The number of carbonyl (C=O) groups is 1. The highest BCUT2D eigenvalue weighted by Crippen LogP contribution is 2.42. The van der Waals surface area contributed by atoms with Gasteiger partial charge in [-0.3, -0.25) is 14.8 Å². The summed E-state index contributed by atoms with van der Waals surface area (Å²) in [7, 11) is 1.84. The van der Waals surface area contributed by atoms with Gasteiger partial charge in [-0.15, -0.1) is 5.53 Å². The summed E-state index contributed by atoms with van der Waals surface area (Å²) in [6.45, 7) is 4.49. The molecule has 5 rings (SSSR count). The van der Waals surface area contributed by atoms with Crippen LogP contribution in [-0.2, 0) is 11.2 Å². The van der Waals surface area contributed by atoms with Gasteiger partial charge in [-0.2, -0.15) is 0 Å². The largest absolute Gasteiger partial charge is 0.484 e. The van der Waals surface area contributed by atoms with Gasteiger partial charge >= 0.3 is 0 Å². The molecule has 10 heteroatoms. The van der Waals surface area contributed by atoms with E-state index in [-0.39, 0.29) is 12.5 Å². The van der Waals surface area contributed by atoms with Gasteiger partial charge in [-0.25, -0.2) is 0 Å². The Kier molecular flexibility index (Phi) is 4.84. The summed E-state index contributed by atoms with van der Waals surface area (Å²) < 4.78 is 11.5. The highest BCUT2D eigenvalue weighted by molar-refractivity contribution is 6.11. The highest BCUT2D eigenvalue weighted by atomic mass is 16.5. The Labute approximate surface area is 180 Å². The van der Waals surface area contributed by atoms with Gasteiger partial charge in [0.05, 0.1) is 54.3 Å². The van der Waals surface area contributed by atoms with Crippen molar-refractivity contribution in [2.75, 3.05) is 60.6 Å². The van der Waals surface area contributed by atoms with Gasteiger partial charge in [0, 0.05) is 44.4 Å². The minimum atomic E-state index is -0.655. The third kappa shape index (κ3) is 3.52. The van der Waals surface area contributed by atoms with Crippen molar-refractivity contribution in [1.29, 1.82) is 0 Å². The fraction of sp³-hybridized carbons (Fsp3) is 0.429. The monoisotopic (exact) mass is 426 g/mol. The van der Waals surface area contributed by atoms with E-state index in [0.717, 1.165) is 35.8 Å². The fourth-order valence-electron chi connectivity index (χ4n) is 4.20. The number of amides is 1. The number of hydrogen-bond donors (Lipinski definition) is 4. The lowest BCUT2D eigenvalue weighted by Crippen LogP contribution is -2.37. The molecule has 4 N–H and O–H groups in total. The summed E-state index contributed by atoms with van der Waals surface area (Å²) in [5.74, 6) is 0.484. The molecule has 3 aliphatic rings. The van der Waals surface area contributed by atoms with Crippen LogP contribution in [-0.4, -0.2) is 61.6 Å². The second kappa shape index (κ2) is 7.56. The predicted octanol–water partition coefficient (Wildman–Crippen LogP) is 1.14. The minimum Gasteiger partial charge on any atom is -0.484 e. The Morgan fingerprint density at radius 2 is 2.10 bits per heavy atom. The van der Waals surface area contributed by atoms with Crippen LogP contribution in [0.25, 0.3) is 0 Å². The van der Waals surface area contributed by atoms with E-state index >= 15 is 0 Å². The summed E-state index contributed by atoms with van der Waals surface area (Å²) in [5, 5.41) is 14.6. The van der Waals surface area contributed by atoms with Gasteiger partial charge in [-0.1, -0.05) is 0 Å². The van der Waals surface area contributed by atoms with Crippen LogP contribution in [0.2, 0.25) is 0 Å². The second-order valence-electron chi connectivity index (χ2n) is 8.29. The summed E-state index contributed by atoms with van der Waals surface area (Å²) in [6.07, 6.45) is 3.82. The Balaban J connectivity index is 1.50. The smallest absolute Gasteiger partial charge is 0.259 e. The minimum absolute atomic E-state index is 0.0791. The van der Waals surface area contributed by atoms with Crippen LogP contribution in [0.1, 0.15) is 22.8 Å². The SMILES string of the molecule is CN1NNc2c(C(=O)Nc3cc4c(cc3N3CCOCC3)OC(C)(CO)C4)cncc21. The first-order valence-corrected chi connectivity index (χ1v) is 10.3. The van der Waals surface area contributed by atoms with E-state index in [1.165, 1.54) is 0 Å². The van der Waals surface area contributed by atoms with Crippen molar-refractivity contribution in [3.05, 3.63) is 35.7 Å². The van der Waals surface area contributed by atoms with Crippen molar-refractivity contribution in [3.8, 4) is 5.75 Å². The van der Waals surface area contributed by atoms with E-state index < -0.39 is 5.60 Å². The molecular formula is C21H26N6O4. The summed E-state index contributed by atoms with van der Waals surface area (Å²) in [6, 6.07) is 3.91. The molecule has 31 heavy (non-hydrogen) atoms. The van der Waals surface area contributed by atoms with Gasteiger partial charge in [0.25, 0.3) is 5.91 Å².